The Kier molecular flexibility index (Phi) is 22.4. The molecule has 58 heavy (non-hydrogen) atoms. The van der Waals surface area contributed by atoms with E-state index in [0.29, 0.717) is 53.9 Å². The maximum atomic E-state index is 14.1. The quantitative estimate of drug-likeness (QED) is 0.0489. The number of hydrogen-bond acceptors (Lipinski definition) is 6. The lowest BCUT2D eigenvalue weighted by Crippen LogP contribution is -2.30. The fourth-order valence-corrected chi connectivity index (χ4v) is 7.16. The molecule has 0 fully saturated rings. The van der Waals surface area contributed by atoms with Gasteiger partial charge in [0.2, 0.25) is 29.4 Å². The SMILES string of the molecule is CCCCCCCC(=O)/N=C1C=C/C(=C2/C(=O)C(c3ccc(NC(=O)CCCCCCC)cc3NC(=O)CCCCCCC)=C2O)C(NC(=O)CCCCCCC)=C\1. The van der Waals surface area contributed by atoms with Crippen molar-refractivity contribution in [2.45, 2.75) is 182 Å². The topological polar surface area (TPSA) is 154 Å². The maximum absolute atomic E-state index is 14.1. The van der Waals surface area contributed by atoms with Crippen LogP contribution >= 0.6 is 0 Å². The first-order valence-electron chi connectivity index (χ1n) is 22.4. The minimum absolute atomic E-state index is 0.0238. The van der Waals surface area contributed by atoms with Crippen LogP contribution in [0.3, 0.4) is 0 Å². The van der Waals surface area contributed by atoms with Crippen LogP contribution in [0.4, 0.5) is 11.4 Å². The summed E-state index contributed by atoms with van der Waals surface area (Å²) in [6.07, 6.45) is 26.1. The predicted molar refractivity (Wildman–Crippen MR) is 237 cm³/mol. The average molecular weight is 799 g/mol. The third-order valence-corrected chi connectivity index (χ3v) is 10.6. The van der Waals surface area contributed by atoms with Crippen molar-refractivity contribution in [2.24, 2.45) is 4.99 Å². The van der Waals surface area contributed by atoms with E-state index in [4.69, 9.17) is 0 Å². The van der Waals surface area contributed by atoms with Crippen molar-refractivity contribution in [1.29, 1.82) is 0 Å². The Hall–Kier alpha value is -4.60. The number of hydrogen-bond donors (Lipinski definition) is 4. The minimum atomic E-state index is -0.459. The van der Waals surface area contributed by atoms with Crippen molar-refractivity contribution in [3.8, 4) is 0 Å². The van der Waals surface area contributed by atoms with Gasteiger partial charge in [-0.2, -0.15) is 0 Å². The van der Waals surface area contributed by atoms with E-state index in [2.05, 4.69) is 48.6 Å². The lowest BCUT2D eigenvalue weighted by Gasteiger charge is -2.27. The number of anilines is 2. The predicted octanol–water partition coefficient (Wildman–Crippen LogP) is 11.7. The second-order valence-electron chi connectivity index (χ2n) is 15.7. The zero-order valence-electron chi connectivity index (χ0n) is 35.9. The van der Waals surface area contributed by atoms with Gasteiger partial charge in [0.25, 0.3) is 0 Å². The molecule has 1 aromatic rings. The summed E-state index contributed by atoms with van der Waals surface area (Å²) in [5.41, 5.74) is 2.13. The first-order chi connectivity index (χ1) is 28.1. The number of benzene rings is 1. The smallest absolute Gasteiger partial charge is 0.246 e. The second-order valence-corrected chi connectivity index (χ2v) is 15.7. The molecule has 1 aromatic carbocycles. The maximum Gasteiger partial charge on any atom is 0.246 e. The summed E-state index contributed by atoms with van der Waals surface area (Å²) in [6, 6.07) is 4.93. The lowest BCUT2D eigenvalue weighted by atomic mass is 9.78. The van der Waals surface area contributed by atoms with E-state index < -0.39 is 5.78 Å². The Balaban J connectivity index is 1.93. The van der Waals surface area contributed by atoms with Crippen molar-refractivity contribution in [1.82, 2.24) is 5.32 Å². The van der Waals surface area contributed by atoms with Gasteiger partial charge in [-0.15, -0.1) is 0 Å². The highest BCUT2D eigenvalue weighted by atomic mass is 16.3. The number of allylic oxidation sites excluding steroid dienone is 5. The standard InChI is InChI=1S/C48H70N4O6/c1-5-9-13-17-21-25-41(53)49-35-29-31-37(39(33-35)51-43(55)27-23-19-15-11-7-3)45-47(57)46(48(45)58)38-32-30-36(50-42(54)26-22-18-14-10-6-2)34-40(38)52-44(56)28-24-20-16-12-8-4/h29-34,57H,5-28H2,1-4H3,(H,49,53)(H,51,55)(H,52,56)/b46-38-,50-36+. The van der Waals surface area contributed by atoms with Crippen molar-refractivity contribution in [3.63, 3.8) is 0 Å². The van der Waals surface area contributed by atoms with Gasteiger partial charge in [-0.05, 0) is 62.1 Å². The molecule has 2 aliphatic rings. The number of ketones is 1. The van der Waals surface area contributed by atoms with Gasteiger partial charge in [0, 0.05) is 42.5 Å². The molecule has 0 aromatic heterocycles. The monoisotopic (exact) mass is 799 g/mol. The third-order valence-electron chi connectivity index (χ3n) is 10.6. The highest BCUT2D eigenvalue weighted by Crippen LogP contribution is 2.43. The molecular formula is C48H70N4O6. The highest BCUT2D eigenvalue weighted by Gasteiger charge is 2.39. The Labute approximate surface area is 347 Å². The molecule has 0 atom stereocenters. The molecule has 4 N–H and O–H groups in total. The number of nitrogens with one attached hydrogen (secondary N) is 3. The summed E-state index contributed by atoms with van der Waals surface area (Å²) in [7, 11) is 0. The molecule has 0 spiro atoms. The average Bonchev–Trinajstić information content (AvgIpc) is 3.19. The van der Waals surface area contributed by atoms with Gasteiger partial charge in [0.1, 0.15) is 5.76 Å². The number of carbonyl (C=O) groups excluding carboxylic acids is 5. The zero-order valence-corrected chi connectivity index (χ0v) is 35.9. The van der Waals surface area contributed by atoms with Crippen LogP contribution in [-0.2, 0) is 24.0 Å². The van der Waals surface area contributed by atoms with Crippen LogP contribution in [-0.4, -0.2) is 40.2 Å². The lowest BCUT2D eigenvalue weighted by molar-refractivity contribution is -0.120. The normalized spacial score (nSPS) is 15.7. The van der Waals surface area contributed by atoms with E-state index in [1.54, 1.807) is 36.4 Å². The van der Waals surface area contributed by atoms with Gasteiger partial charge in [-0.1, -0.05) is 130 Å². The molecule has 318 valence electrons. The first-order valence-corrected chi connectivity index (χ1v) is 22.4. The van der Waals surface area contributed by atoms with Crippen LogP contribution in [0, 0.1) is 0 Å². The molecule has 3 rings (SSSR count). The number of carbonyl (C=O) groups is 5. The highest BCUT2D eigenvalue weighted by molar-refractivity contribution is 6.40. The largest absolute Gasteiger partial charge is 0.506 e. The van der Waals surface area contributed by atoms with Gasteiger partial charge in [0.05, 0.1) is 28.2 Å². The van der Waals surface area contributed by atoms with Gasteiger partial charge >= 0.3 is 0 Å². The summed E-state index contributed by atoms with van der Waals surface area (Å²) in [6.45, 7) is 8.57. The molecule has 0 heterocycles. The van der Waals surface area contributed by atoms with E-state index in [0.717, 1.165) is 128 Å². The first kappa shape index (κ1) is 47.8. The summed E-state index contributed by atoms with van der Waals surface area (Å²) in [5.74, 6) is -1.56. The Morgan fingerprint density at radius 1 is 0.569 bits per heavy atom. The van der Waals surface area contributed by atoms with Crippen LogP contribution in [0.2, 0.25) is 0 Å². The van der Waals surface area contributed by atoms with Crippen LogP contribution in [0.25, 0.3) is 5.57 Å². The van der Waals surface area contributed by atoms with Crippen molar-refractivity contribution < 1.29 is 29.1 Å². The zero-order chi connectivity index (χ0) is 42.1. The molecule has 2 aliphatic carbocycles. The molecule has 0 aliphatic heterocycles. The fraction of sp³-hybridized carbons (Fsp3) is 0.583. The van der Waals surface area contributed by atoms with E-state index in [9.17, 15) is 29.1 Å². The van der Waals surface area contributed by atoms with E-state index in [-0.39, 0.29) is 46.2 Å². The summed E-state index contributed by atoms with van der Waals surface area (Å²) in [4.78, 5) is 70.3. The Morgan fingerprint density at radius 2 is 1.05 bits per heavy atom. The minimum Gasteiger partial charge on any atom is -0.506 e. The molecule has 10 nitrogen and oxygen atoms in total. The Bertz CT molecular complexity index is 1720. The third kappa shape index (κ3) is 16.3. The molecular weight excluding hydrogens is 729 g/mol. The molecule has 0 bridgehead atoms. The van der Waals surface area contributed by atoms with Gasteiger partial charge in [-0.25, -0.2) is 4.99 Å². The van der Waals surface area contributed by atoms with Gasteiger partial charge < -0.3 is 21.1 Å². The van der Waals surface area contributed by atoms with E-state index in [1.165, 1.54) is 0 Å². The number of rotatable bonds is 28. The van der Waals surface area contributed by atoms with E-state index >= 15 is 0 Å². The van der Waals surface area contributed by atoms with Crippen molar-refractivity contribution in [2.75, 3.05) is 10.6 Å². The summed E-state index contributed by atoms with van der Waals surface area (Å²) in [5, 5.41) is 20.4. The van der Waals surface area contributed by atoms with E-state index in [1.807, 2.05) is 0 Å². The van der Waals surface area contributed by atoms with Gasteiger partial charge in [0.15, 0.2) is 0 Å². The molecule has 0 radical (unpaired) electrons. The number of Topliss-reactive ketones (excluding diaryl/α,β-unsaturated/α-hetero) is 1. The number of nitrogens with zero attached hydrogens (tertiary/aromatic N) is 1. The van der Waals surface area contributed by atoms with Gasteiger partial charge in [-0.3, -0.25) is 24.0 Å². The van der Waals surface area contributed by atoms with Crippen molar-refractivity contribution >= 4 is 52.1 Å². The van der Waals surface area contributed by atoms with Crippen LogP contribution in [0.5, 0.6) is 0 Å². The Morgan fingerprint density at radius 3 is 1.57 bits per heavy atom. The van der Waals surface area contributed by atoms with Crippen molar-refractivity contribution in [3.05, 3.63) is 64.6 Å². The fourth-order valence-electron chi connectivity index (χ4n) is 7.16. The van der Waals surface area contributed by atoms with Crippen LogP contribution < -0.4 is 16.0 Å². The molecule has 0 saturated heterocycles. The second kappa shape index (κ2) is 27.2. The summed E-state index contributed by atoms with van der Waals surface area (Å²) < 4.78 is 0. The number of amides is 4. The number of aliphatic hydroxyl groups excluding tert-OH is 1. The van der Waals surface area contributed by atoms with Crippen LogP contribution in [0.15, 0.2) is 64.0 Å². The van der Waals surface area contributed by atoms with Crippen LogP contribution in [0.1, 0.15) is 187 Å². The number of aliphatic imine (C=N–C) groups is 1. The summed E-state index contributed by atoms with van der Waals surface area (Å²) >= 11 is 0. The molecule has 0 unspecified atom stereocenters. The number of aliphatic hydroxyl groups is 1. The molecule has 0 saturated carbocycles. The molecule has 10 heteroatoms. The number of unbranched alkanes of at least 4 members (excludes halogenated alkanes) is 16. The molecule has 4 amide bonds.